The van der Waals surface area contributed by atoms with E-state index in [0.29, 0.717) is 17.1 Å². The summed E-state index contributed by atoms with van der Waals surface area (Å²) in [6, 6.07) is 14.2. The molecule has 1 fully saturated rings. The van der Waals surface area contributed by atoms with Crippen LogP contribution in [0.1, 0.15) is 16.7 Å². The molecule has 2 heterocycles. The van der Waals surface area contributed by atoms with E-state index in [-0.39, 0.29) is 0 Å². The van der Waals surface area contributed by atoms with Gasteiger partial charge in [-0.3, -0.25) is 20.7 Å². The molecule has 4 rings (SSSR count). The highest BCUT2D eigenvalue weighted by Gasteiger charge is 2.19. The summed E-state index contributed by atoms with van der Waals surface area (Å²) in [6.45, 7) is 6.52. The smallest absolute Gasteiger partial charge is 0.0941 e. The molecule has 28 heavy (non-hydrogen) atoms. The second-order valence-corrected chi connectivity index (χ2v) is 7.17. The number of nitrogens with zero attached hydrogens (tertiary/aromatic N) is 2. The summed E-state index contributed by atoms with van der Waals surface area (Å²) in [7, 11) is 0. The quantitative estimate of drug-likeness (QED) is 0.471. The lowest BCUT2D eigenvalue weighted by atomic mass is 10.0. The molecule has 1 saturated heterocycles. The van der Waals surface area contributed by atoms with Crippen molar-refractivity contribution in [2.75, 3.05) is 37.0 Å². The van der Waals surface area contributed by atoms with Crippen LogP contribution in [0.25, 0.3) is 0 Å². The lowest BCUT2D eigenvalue weighted by Gasteiger charge is -2.26. The fraction of sp³-hybridized carbons (Fsp3) is 0.286. The minimum Gasteiger partial charge on any atom is -0.398 e. The minimum absolute atomic E-state index is 0.361. The number of rotatable bonds is 5. The Morgan fingerprint density at radius 1 is 1.14 bits per heavy atom. The summed E-state index contributed by atoms with van der Waals surface area (Å²) in [6.07, 6.45) is 1.88. The van der Waals surface area contributed by atoms with Gasteiger partial charge in [0.2, 0.25) is 0 Å². The Balaban J connectivity index is 1.44. The SMILES string of the molecule is Cc1ccc(N)c(C(=N)C2=CN(c3ccc(CN4CCOCC4)cc3)NN2)c1. The summed E-state index contributed by atoms with van der Waals surface area (Å²) in [4.78, 5) is 2.40. The summed E-state index contributed by atoms with van der Waals surface area (Å²) >= 11 is 0. The molecule has 5 N–H and O–H groups in total. The van der Waals surface area contributed by atoms with Gasteiger partial charge in [-0.1, -0.05) is 23.8 Å². The summed E-state index contributed by atoms with van der Waals surface area (Å²) in [5.41, 5.74) is 17.9. The number of benzene rings is 2. The molecule has 0 spiro atoms. The maximum absolute atomic E-state index is 8.50. The third-order valence-electron chi connectivity index (χ3n) is 5.04. The number of anilines is 2. The van der Waals surface area contributed by atoms with Gasteiger partial charge in [0, 0.05) is 30.9 Å². The second kappa shape index (κ2) is 8.02. The first-order valence-corrected chi connectivity index (χ1v) is 9.47. The first-order valence-electron chi connectivity index (χ1n) is 9.47. The highest BCUT2D eigenvalue weighted by atomic mass is 16.5. The molecule has 2 aliphatic rings. The highest BCUT2D eigenvalue weighted by Crippen LogP contribution is 2.21. The zero-order chi connectivity index (χ0) is 19.5. The van der Waals surface area contributed by atoms with Gasteiger partial charge in [-0.15, -0.1) is 5.53 Å². The normalized spacial score (nSPS) is 17.3. The van der Waals surface area contributed by atoms with Gasteiger partial charge >= 0.3 is 0 Å². The van der Waals surface area contributed by atoms with Crippen LogP contribution < -0.4 is 21.7 Å². The monoisotopic (exact) mass is 378 g/mol. The number of hydrazine groups is 2. The summed E-state index contributed by atoms with van der Waals surface area (Å²) in [5, 5.41) is 10.4. The molecule has 0 saturated carbocycles. The Labute approximate surface area is 165 Å². The van der Waals surface area contributed by atoms with Crippen LogP contribution in [0.15, 0.2) is 54.4 Å². The van der Waals surface area contributed by atoms with E-state index in [4.69, 9.17) is 15.9 Å². The number of hydrogen-bond acceptors (Lipinski definition) is 7. The topological polar surface area (TPSA) is 89.6 Å². The maximum atomic E-state index is 8.50. The third-order valence-corrected chi connectivity index (χ3v) is 5.04. The van der Waals surface area contributed by atoms with Gasteiger partial charge in [0.15, 0.2) is 0 Å². The molecular weight excluding hydrogens is 352 g/mol. The van der Waals surface area contributed by atoms with Crippen LogP contribution in [0.3, 0.4) is 0 Å². The van der Waals surface area contributed by atoms with E-state index in [1.54, 1.807) is 0 Å². The molecule has 2 aromatic carbocycles. The number of hydrogen-bond donors (Lipinski definition) is 4. The Bertz CT molecular complexity index is 886. The molecule has 146 valence electrons. The van der Waals surface area contributed by atoms with E-state index in [1.165, 1.54) is 5.56 Å². The van der Waals surface area contributed by atoms with Crippen molar-refractivity contribution < 1.29 is 4.74 Å². The van der Waals surface area contributed by atoms with E-state index in [2.05, 4.69) is 40.1 Å². The van der Waals surface area contributed by atoms with E-state index in [1.807, 2.05) is 36.3 Å². The molecule has 0 aromatic heterocycles. The number of aryl methyl sites for hydroxylation is 1. The van der Waals surface area contributed by atoms with E-state index in [9.17, 15) is 0 Å². The third kappa shape index (κ3) is 4.01. The molecule has 0 aliphatic carbocycles. The molecule has 2 aromatic rings. The fourth-order valence-corrected chi connectivity index (χ4v) is 3.39. The number of nitrogens with two attached hydrogens (primary N) is 1. The number of nitrogens with one attached hydrogen (secondary N) is 3. The second-order valence-electron chi connectivity index (χ2n) is 7.17. The summed E-state index contributed by atoms with van der Waals surface area (Å²) < 4.78 is 5.40. The van der Waals surface area contributed by atoms with Crippen molar-refractivity contribution in [2.24, 2.45) is 0 Å². The number of ether oxygens (including phenoxy) is 1. The Morgan fingerprint density at radius 2 is 1.89 bits per heavy atom. The van der Waals surface area contributed by atoms with Crippen molar-refractivity contribution in [3.05, 3.63) is 71.1 Å². The van der Waals surface area contributed by atoms with Gasteiger partial charge < -0.3 is 10.5 Å². The van der Waals surface area contributed by atoms with Gasteiger partial charge in [-0.05, 0) is 36.8 Å². The zero-order valence-corrected chi connectivity index (χ0v) is 16.0. The standard InChI is InChI=1S/C21H26N6O/c1-15-2-7-19(22)18(12-15)21(23)20-14-27(25-24-20)17-5-3-16(4-6-17)13-26-8-10-28-11-9-26/h2-7,12,14,23-25H,8-11,13,22H2,1H3. The van der Waals surface area contributed by atoms with Gasteiger partial charge in [-0.25, -0.2) is 0 Å². The van der Waals surface area contributed by atoms with Crippen LogP contribution in [0.2, 0.25) is 0 Å². The minimum atomic E-state index is 0.361. The Hall–Kier alpha value is -2.87. The van der Waals surface area contributed by atoms with Crippen molar-refractivity contribution >= 4 is 17.1 Å². The molecule has 0 radical (unpaired) electrons. The van der Waals surface area contributed by atoms with Crippen molar-refractivity contribution in [3.63, 3.8) is 0 Å². The van der Waals surface area contributed by atoms with Crippen molar-refractivity contribution in [3.8, 4) is 0 Å². The van der Waals surface area contributed by atoms with Gasteiger partial charge in [0.1, 0.15) is 0 Å². The molecule has 7 heteroatoms. The largest absolute Gasteiger partial charge is 0.398 e. The molecule has 0 amide bonds. The molecule has 7 nitrogen and oxygen atoms in total. The van der Waals surface area contributed by atoms with Crippen LogP contribution >= 0.6 is 0 Å². The average Bonchev–Trinajstić information content (AvgIpc) is 3.21. The molecule has 0 unspecified atom stereocenters. The molecule has 0 atom stereocenters. The maximum Gasteiger partial charge on any atom is 0.0941 e. The van der Waals surface area contributed by atoms with E-state index in [0.717, 1.165) is 49.7 Å². The van der Waals surface area contributed by atoms with Crippen molar-refractivity contribution in [1.29, 1.82) is 5.41 Å². The highest BCUT2D eigenvalue weighted by molar-refractivity contribution is 6.13. The molecule has 0 bridgehead atoms. The number of nitrogen functional groups attached to an aromatic ring is 1. The van der Waals surface area contributed by atoms with Crippen LogP contribution in [-0.2, 0) is 11.3 Å². The predicted octanol–water partition coefficient (Wildman–Crippen LogP) is 2.15. The first kappa shape index (κ1) is 18.5. The average molecular weight is 378 g/mol. The van der Waals surface area contributed by atoms with Crippen LogP contribution in [-0.4, -0.2) is 36.9 Å². The van der Waals surface area contributed by atoms with Gasteiger partial charge in [0.05, 0.1) is 36.5 Å². The Morgan fingerprint density at radius 3 is 2.64 bits per heavy atom. The van der Waals surface area contributed by atoms with Gasteiger partial charge in [-0.2, -0.15) is 0 Å². The van der Waals surface area contributed by atoms with Crippen molar-refractivity contribution in [2.45, 2.75) is 13.5 Å². The predicted molar refractivity (Wildman–Crippen MR) is 112 cm³/mol. The Kier molecular flexibility index (Phi) is 5.29. The number of allylic oxidation sites excluding steroid dienone is 1. The van der Waals surface area contributed by atoms with Crippen molar-refractivity contribution in [1.82, 2.24) is 15.9 Å². The summed E-state index contributed by atoms with van der Waals surface area (Å²) in [5.74, 6) is 0. The zero-order valence-electron chi connectivity index (χ0n) is 16.0. The van der Waals surface area contributed by atoms with Gasteiger partial charge in [0.25, 0.3) is 0 Å². The van der Waals surface area contributed by atoms with E-state index >= 15 is 0 Å². The fourth-order valence-electron chi connectivity index (χ4n) is 3.39. The molecule has 2 aliphatic heterocycles. The van der Waals surface area contributed by atoms with Crippen LogP contribution in [0, 0.1) is 12.3 Å². The first-order chi connectivity index (χ1) is 13.6. The van der Waals surface area contributed by atoms with Crippen LogP contribution in [0.5, 0.6) is 0 Å². The number of morpholine rings is 1. The lowest BCUT2D eigenvalue weighted by molar-refractivity contribution is 0.0342. The van der Waals surface area contributed by atoms with Crippen LogP contribution in [0.4, 0.5) is 11.4 Å². The lowest BCUT2D eigenvalue weighted by Crippen LogP contribution is -2.37. The van der Waals surface area contributed by atoms with E-state index < -0.39 is 0 Å². The molecular formula is C21H26N6O.